The summed E-state index contributed by atoms with van der Waals surface area (Å²) >= 11 is 0. The van der Waals surface area contributed by atoms with Gasteiger partial charge in [-0.1, -0.05) is 0 Å². The summed E-state index contributed by atoms with van der Waals surface area (Å²) in [7, 11) is 0. The quantitative estimate of drug-likeness (QED) is 0.605. The van der Waals surface area contributed by atoms with Gasteiger partial charge in [-0.05, 0) is 0 Å². The van der Waals surface area contributed by atoms with Crippen LogP contribution in [-0.4, -0.2) is 22.7 Å². The van der Waals surface area contributed by atoms with Gasteiger partial charge in [-0.15, -0.1) is 0 Å². The van der Waals surface area contributed by atoms with E-state index in [2.05, 4.69) is 15.3 Å². The summed E-state index contributed by atoms with van der Waals surface area (Å²) in [6.07, 6.45) is 2.86. The van der Waals surface area contributed by atoms with Crippen molar-refractivity contribution in [2.75, 3.05) is 6.61 Å². The van der Waals surface area contributed by atoms with E-state index >= 15 is 0 Å². The van der Waals surface area contributed by atoms with Crippen molar-refractivity contribution in [3.05, 3.63) is 18.2 Å². The lowest BCUT2D eigenvalue weighted by atomic mass is 10.2. The number of carbonyl (C=O) groups is 1. The number of aromatic amines is 1. The van der Waals surface area contributed by atoms with Crippen molar-refractivity contribution in [2.24, 2.45) is 0 Å². The largest absolute Gasteiger partial charge is 0.447 e. The Kier molecular flexibility index (Phi) is 1.28. The fourth-order valence-corrected chi connectivity index (χ4v) is 1.01. The van der Waals surface area contributed by atoms with Crippen molar-refractivity contribution < 1.29 is 9.53 Å². The van der Waals surface area contributed by atoms with E-state index in [1.807, 2.05) is 0 Å². The lowest BCUT2D eigenvalue weighted by Crippen LogP contribution is -2.18. The van der Waals surface area contributed by atoms with E-state index < -0.39 is 0 Å². The standard InChI is InChI=1S/C6H7N3O2/c10-6-9-5(2-11-6)4-1-7-3-8-4/h1,3,5H,2H2,(H,7,8)(H,9,10). The molecular weight excluding hydrogens is 146 g/mol. The number of cyclic esters (lactones) is 1. The van der Waals surface area contributed by atoms with E-state index in [1.54, 1.807) is 12.5 Å². The molecule has 1 amide bonds. The molecule has 2 heterocycles. The number of nitrogens with one attached hydrogen (secondary N) is 2. The highest BCUT2D eigenvalue weighted by atomic mass is 16.6. The number of alkyl carbamates (subject to hydrolysis) is 1. The van der Waals surface area contributed by atoms with Crippen molar-refractivity contribution in [1.29, 1.82) is 0 Å². The number of amides is 1. The molecule has 0 aliphatic carbocycles. The first-order valence-electron chi connectivity index (χ1n) is 3.28. The minimum atomic E-state index is -0.371. The number of rotatable bonds is 1. The number of nitrogens with zero attached hydrogens (tertiary/aromatic N) is 1. The molecule has 1 aromatic heterocycles. The zero-order valence-corrected chi connectivity index (χ0v) is 5.70. The van der Waals surface area contributed by atoms with Crippen molar-refractivity contribution >= 4 is 6.09 Å². The molecule has 0 radical (unpaired) electrons. The molecular formula is C6H7N3O2. The maximum absolute atomic E-state index is 10.6. The first kappa shape index (κ1) is 6.21. The summed E-state index contributed by atoms with van der Waals surface area (Å²) in [6.45, 7) is 0.376. The predicted molar refractivity (Wildman–Crippen MR) is 35.8 cm³/mol. The fourth-order valence-electron chi connectivity index (χ4n) is 1.01. The number of hydrogen-bond acceptors (Lipinski definition) is 3. The van der Waals surface area contributed by atoms with Crippen molar-refractivity contribution in [3.8, 4) is 0 Å². The maximum atomic E-state index is 10.6. The van der Waals surface area contributed by atoms with E-state index in [-0.39, 0.29) is 12.1 Å². The van der Waals surface area contributed by atoms with Gasteiger partial charge in [0.1, 0.15) is 12.6 Å². The first-order chi connectivity index (χ1) is 5.36. The molecule has 5 nitrogen and oxygen atoms in total. The summed E-state index contributed by atoms with van der Waals surface area (Å²) in [4.78, 5) is 17.3. The number of H-pyrrole nitrogens is 1. The Morgan fingerprint density at radius 3 is 3.18 bits per heavy atom. The average Bonchev–Trinajstić information content (AvgIpc) is 2.55. The van der Waals surface area contributed by atoms with E-state index in [0.29, 0.717) is 6.61 Å². The summed E-state index contributed by atoms with van der Waals surface area (Å²) < 4.78 is 4.69. The molecule has 58 valence electrons. The van der Waals surface area contributed by atoms with Crippen LogP contribution in [-0.2, 0) is 4.74 Å². The Balaban J connectivity index is 2.13. The van der Waals surface area contributed by atoms with Gasteiger partial charge < -0.3 is 15.0 Å². The van der Waals surface area contributed by atoms with Crippen molar-refractivity contribution in [3.63, 3.8) is 0 Å². The lowest BCUT2D eigenvalue weighted by Gasteiger charge is -2.01. The van der Waals surface area contributed by atoms with Gasteiger partial charge in [0.15, 0.2) is 0 Å². The van der Waals surface area contributed by atoms with Crippen LogP contribution in [0.15, 0.2) is 12.5 Å². The highest BCUT2D eigenvalue weighted by Gasteiger charge is 2.24. The molecule has 5 heteroatoms. The second-order valence-corrected chi connectivity index (χ2v) is 2.30. The highest BCUT2D eigenvalue weighted by molar-refractivity contribution is 5.69. The molecule has 0 aromatic carbocycles. The van der Waals surface area contributed by atoms with Gasteiger partial charge in [-0.2, -0.15) is 0 Å². The third-order valence-electron chi connectivity index (χ3n) is 1.57. The molecule has 2 N–H and O–H groups in total. The van der Waals surface area contributed by atoms with Crippen LogP contribution in [0.4, 0.5) is 4.79 Å². The Labute approximate surface area is 62.8 Å². The van der Waals surface area contributed by atoms with Gasteiger partial charge in [0, 0.05) is 0 Å². The molecule has 0 spiro atoms. The Bertz CT molecular complexity index is 257. The second kappa shape index (κ2) is 2.26. The number of carbonyl (C=O) groups excluding carboxylic acids is 1. The monoisotopic (exact) mass is 153 g/mol. The first-order valence-corrected chi connectivity index (χ1v) is 3.28. The van der Waals surface area contributed by atoms with Crippen LogP contribution in [0.1, 0.15) is 11.7 Å². The molecule has 1 unspecified atom stereocenters. The smallest absolute Gasteiger partial charge is 0.407 e. The molecule has 1 aliphatic heterocycles. The van der Waals surface area contributed by atoms with Gasteiger partial charge in [0.25, 0.3) is 0 Å². The molecule has 1 aromatic rings. The van der Waals surface area contributed by atoms with Crippen LogP contribution < -0.4 is 5.32 Å². The molecule has 1 fully saturated rings. The zero-order chi connectivity index (χ0) is 7.68. The molecule has 2 rings (SSSR count). The number of ether oxygens (including phenoxy) is 1. The normalized spacial score (nSPS) is 22.9. The maximum Gasteiger partial charge on any atom is 0.407 e. The minimum absolute atomic E-state index is 0.0648. The van der Waals surface area contributed by atoms with Gasteiger partial charge in [-0.25, -0.2) is 9.78 Å². The predicted octanol–water partition coefficient (Wildman–Crippen LogP) is 0.191. The average molecular weight is 153 g/mol. The van der Waals surface area contributed by atoms with E-state index in [9.17, 15) is 4.79 Å². The third-order valence-corrected chi connectivity index (χ3v) is 1.57. The van der Waals surface area contributed by atoms with Crippen LogP contribution in [0.25, 0.3) is 0 Å². The molecule has 0 bridgehead atoms. The summed E-state index contributed by atoms with van der Waals surface area (Å²) in [5, 5.41) is 2.62. The highest BCUT2D eigenvalue weighted by Crippen LogP contribution is 2.13. The molecule has 1 saturated heterocycles. The minimum Gasteiger partial charge on any atom is -0.447 e. The van der Waals surface area contributed by atoms with Gasteiger partial charge in [0.05, 0.1) is 18.2 Å². The fraction of sp³-hybridized carbons (Fsp3) is 0.333. The van der Waals surface area contributed by atoms with Crippen LogP contribution >= 0.6 is 0 Å². The van der Waals surface area contributed by atoms with Crippen LogP contribution in [0.5, 0.6) is 0 Å². The zero-order valence-electron chi connectivity index (χ0n) is 5.70. The van der Waals surface area contributed by atoms with E-state index in [1.165, 1.54) is 0 Å². The van der Waals surface area contributed by atoms with Crippen LogP contribution in [0.2, 0.25) is 0 Å². The number of imidazole rings is 1. The SMILES string of the molecule is O=C1NC(c2cnc[nH]2)CO1. The molecule has 1 aliphatic rings. The topological polar surface area (TPSA) is 67.0 Å². The molecule has 1 atom stereocenters. The van der Waals surface area contributed by atoms with E-state index in [0.717, 1.165) is 5.69 Å². The Morgan fingerprint density at radius 1 is 1.73 bits per heavy atom. The summed E-state index contributed by atoms with van der Waals surface area (Å²) in [6, 6.07) is -0.0648. The van der Waals surface area contributed by atoms with Gasteiger partial charge in [-0.3, -0.25) is 0 Å². The number of aromatic nitrogens is 2. The van der Waals surface area contributed by atoms with Crippen LogP contribution in [0, 0.1) is 0 Å². The summed E-state index contributed by atoms with van der Waals surface area (Å²) in [5.41, 5.74) is 0.871. The molecule has 0 saturated carbocycles. The van der Waals surface area contributed by atoms with E-state index in [4.69, 9.17) is 4.74 Å². The lowest BCUT2D eigenvalue weighted by molar-refractivity contribution is 0.177. The second-order valence-electron chi connectivity index (χ2n) is 2.30. The third kappa shape index (κ3) is 1.04. The summed E-state index contributed by atoms with van der Waals surface area (Å²) in [5.74, 6) is 0. The van der Waals surface area contributed by atoms with Crippen LogP contribution in [0.3, 0.4) is 0 Å². The number of hydrogen-bond donors (Lipinski definition) is 2. The molecule has 11 heavy (non-hydrogen) atoms. The van der Waals surface area contributed by atoms with Crippen molar-refractivity contribution in [2.45, 2.75) is 6.04 Å². The Hall–Kier alpha value is -1.52. The van der Waals surface area contributed by atoms with Gasteiger partial charge in [0.2, 0.25) is 0 Å². The van der Waals surface area contributed by atoms with Gasteiger partial charge >= 0.3 is 6.09 Å². The Morgan fingerprint density at radius 2 is 2.64 bits per heavy atom. The van der Waals surface area contributed by atoms with Crippen molar-refractivity contribution in [1.82, 2.24) is 15.3 Å².